The molecule has 2 aromatic rings. The number of benzene rings is 2. The topological polar surface area (TPSA) is 116 Å². The summed E-state index contributed by atoms with van der Waals surface area (Å²) in [5.41, 5.74) is -7.35. The highest BCUT2D eigenvalue weighted by Crippen LogP contribution is 2.45. The van der Waals surface area contributed by atoms with Crippen LogP contribution in [0.25, 0.3) is 0 Å². The van der Waals surface area contributed by atoms with Crippen molar-refractivity contribution in [3.8, 4) is 5.75 Å². The molecule has 0 saturated carbocycles. The number of carbonyl (C=O) groups excluding carboxylic acids is 1. The molecule has 0 aromatic heterocycles. The van der Waals surface area contributed by atoms with Gasteiger partial charge in [0, 0.05) is 6.92 Å². The highest BCUT2D eigenvalue weighted by atomic mass is 32.2. The smallest absolute Gasteiger partial charge is 0.419 e. The van der Waals surface area contributed by atoms with Gasteiger partial charge in [-0.2, -0.15) is 26.3 Å². The van der Waals surface area contributed by atoms with Crippen LogP contribution in [-0.2, 0) is 21.0 Å². The molecule has 1 heterocycles. The summed E-state index contributed by atoms with van der Waals surface area (Å²) in [4.78, 5) is 22.7. The molecule has 0 unspecified atom stereocenters. The van der Waals surface area contributed by atoms with E-state index in [0.717, 1.165) is 18.2 Å². The Balaban J connectivity index is 2.29. The van der Waals surface area contributed by atoms with E-state index in [2.05, 4.69) is 5.32 Å². The quantitative estimate of drug-likeness (QED) is 0.406. The number of rotatable bonds is 6. The predicted molar refractivity (Wildman–Crippen MR) is 135 cm³/mol. The summed E-state index contributed by atoms with van der Waals surface area (Å²) in [7, 11) is -5.04. The summed E-state index contributed by atoms with van der Waals surface area (Å²) in [6, 6.07) is 3.63. The monoisotopic (exact) mass is 629 g/mol. The number of ether oxygens (including phenoxy) is 1. The lowest BCUT2D eigenvalue weighted by Crippen LogP contribution is -2.60. The van der Waals surface area contributed by atoms with Gasteiger partial charge < -0.3 is 15.2 Å². The van der Waals surface area contributed by atoms with Gasteiger partial charge >= 0.3 is 18.4 Å². The first-order valence-electron chi connectivity index (χ1n) is 12.0. The van der Waals surface area contributed by atoms with Crippen molar-refractivity contribution in [1.82, 2.24) is 5.32 Å². The minimum absolute atomic E-state index is 0.0505. The molecule has 2 aromatic carbocycles. The van der Waals surface area contributed by atoms with Gasteiger partial charge in [-0.25, -0.2) is 17.6 Å². The maximum Gasteiger partial charge on any atom is 0.419 e. The number of amides is 2. The Labute approximate surface area is 235 Å². The van der Waals surface area contributed by atoms with Crippen LogP contribution in [0.3, 0.4) is 0 Å². The minimum Gasteiger partial charge on any atom is -0.484 e. The number of nitrogens with one attached hydrogen (secondary N) is 1. The molecule has 2 amide bonds. The Morgan fingerprint density at radius 2 is 1.62 bits per heavy atom. The molecule has 0 fully saturated rings. The highest BCUT2D eigenvalue weighted by Gasteiger charge is 2.54. The van der Waals surface area contributed by atoms with E-state index >= 15 is 0 Å². The van der Waals surface area contributed by atoms with Gasteiger partial charge in [0.2, 0.25) is 5.91 Å². The number of fused-ring (bicyclic) bond motifs is 1. The van der Waals surface area contributed by atoms with Crippen LogP contribution in [0.15, 0.2) is 41.3 Å². The zero-order valence-electron chi connectivity index (χ0n) is 22.7. The van der Waals surface area contributed by atoms with Crippen LogP contribution >= 0.6 is 0 Å². The fraction of sp³-hybridized carbons (Fsp3) is 0.440. The van der Waals surface area contributed by atoms with E-state index in [1.807, 2.05) is 0 Å². The third kappa shape index (κ3) is 6.05. The van der Waals surface area contributed by atoms with E-state index in [4.69, 9.17) is 4.74 Å². The number of hydrogen-bond acceptors (Lipinski definition) is 5. The number of hydrogen-bond donors (Lipinski definition) is 2. The van der Waals surface area contributed by atoms with E-state index in [1.54, 1.807) is 0 Å². The molecule has 2 N–H and O–H groups in total. The van der Waals surface area contributed by atoms with Crippen molar-refractivity contribution in [2.75, 3.05) is 15.7 Å². The molecule has 0 bridgehead atoms. The third-order valence-electron chi connectivity index (χ3n) is 6.65. The average Bonchev–Trinajstić information content (AvgIpc) is 2.80. The average molecular weight is 630 g/mol. The van der Waals surface area contributed by atoms with Crippen molar-refractivity contribution >= 4 is 33.4 Å². The zero-order valence-corrected chi connectivity index (χ0v) is 23.5. The molecular formula is C25H26F7N3O6S. The lowest BCUT2D eigenvalue weighted by atomic mass is 9.95. The molecule has 0 aliphatic carbocycles. The van der Waals surface area contributed by atoms with Crippen molar-refractivity contribution in [2.45, 2.75) is 69.0 Å². The summed E-state index contributed by atoms with van der Waals surface area (Å²) < 4.78 is 130. The number of carboxylic acid groups (broad SMARTS) is 1. The number of carbonyl (C=O) groups is 2. The zero-order chi connectivity index (χ0) is 32.2. The molecule has 1 aliphatic rings. The number of alkyl halides is 6. The molecule has 1 aliphatic heterocycles. The standard InChI is InChI=1S/C25H26F7N3O6S/c1-13(36)33-22(2,3)20-12-34(42(39,40)15-7-8-17(26)16(11-15)24(27,28)29)18-10-14(6-9-19(18)41-20)35(21(37)38)23(4,5)25(30,31)32/h6-11,20H,12H2,1-5H3,(H,33,36)(H,37,38)/t20-/m0/s1. The molecule has 0 saturated heterocycles. The predicted octanol–water partition coefficient (Wildman–Crippen LogP) is 5.54. The van der Waals surface area contributed by atoms with E-state index in [-0.39, 0.29) is 16.7 Å². The fourth-order valence-electron chi connectivity index (χ4n) is 4.32. The van der Waals surface area contributed by atoms with Crippen molar-refractivity contribution < 1.29 is 58.6 Å². The van der Waals surface area contributed by atoms with Crippen LogP contribution in [0.5, 0.6) is 5.75 Å². The molecule has 1 atom stereocenters. The van der Waals surface area contributed by atoms with Crippen LogP contribution in [0.2, 0.25) is 0 Å². The molecule has 9 nitrogen and oxygen atoms in total. The Morgan fingerprint density at radius 3 is 2.12 bits per heavy atom. The fourth-order valence-corrected chi connectivity index (χ4v) is 5.82. The Kier molecular flexibility index (Phi) is 8.19. The van der Waals surface area contributed by atoms with E-state index < -0.39 is 85.8 Å². The SMILES string of the molecule is CC(=O)NC(C)(C)[C@@H]1CN(S(=O)(=O)c2ccc(F)c(C(F)(F)F)c2)c2cc(N(C(=O)O)C(C)(C)C(F)(F)F)ccc2O1. The maximum absolute atomic E-state index is 14.0. The Morgan fingerprint density at radius 1 is 1.02 bits per heavy atom. The van der Waals surface area contributed by atoms with Crippen LogP contribution in [0, 0.1) is 5.82 Å². The first kappa shape index (κ1) is 32.8. The van der Waals surface area contributed by atoms with E-state index in [1.165, 1.54) is 20.8 Å². The van der Waals surface area contributed by atoms with Crippen LogP contribution in [0.4, 0.5) is 46.9 Å². The third-order valence-corrected chi connectivity index (χ3v) is 8.42. The van der Waals surface area contributed by atoms with Gasteiger partial charge in [0.25, 0.3) is 10.0 Å². The van der Waals surface area contributed by atoms with Crippen LogP contribution in [0.1, 0.15) is 40.2 Å². The molecule has 0 spiro atoms. The number of nitrogens with zero attached hydrogens (tertiary/aromatic N) is 2. The van der Waals surface area contributed by atoms with E-state index in [0.29, 0.717) is 30.3 Å². The summed E-state index contributed by atoms with van der Waals surface area (Å²) >= 11 is 0. The first-order chi connectivity index (χ1) is 18.9. The van der Waals surface area contributed by atoms with Gasteiger partial charge in [-0.15, -0.1) is 0 Å². The van der Waals surface area contributed by atoms with Crippen molar-refractivity contribution in [2.24, 2.45) is 0 Å². The second kappa shape index (κ2) is 10.5. The number of halogens is 7. The second-order valence-electron chi connectivity index (χ2n) is 10.5. The van der Waals surface area contributed by atoms with Gasteiger partial charge in [0.1, 0.15) is 23.2 Å². The lowest BCUT2D eigenvalue weighted by Gasteiger charge is -2.43. The normalized spacial score (nSPS) is 16.4. The van der Waals surface area contributed by atoms with E-state index in [9.17, 15) is 53.8 Å². The maximum atomic E-state index is 14.0. The first-order valence-corrected chi connectivity index (χ1v) is 13.4. The Hall–Kier alpha value is -3.76. The van der Waals surface area contributed by atoms with Gasteiger partial charge in [-0.3, -0.25) is 14.0 Å². The summed E-state index contributed by atoms with van der Waals surface area (Å²) in [5.74, 6) is -2.59. The van der Waals surface area contributed by atoms with Gasteiger partial charge in [0.15, 0.2) is 0 Å². The number of anilines is 2. The molecule has 3 rings (SSSR count). The molecule has 232 valence electrons. The van der Waals surface area contributed by atoms with Crippen LogP contribution in [-0.4, -0.2) is 55.4 Å². The molecule has 42 heavy (non-hydrogen) atoms. The van der Waals surface area contributed by atoms with Crippen molar-refractivity contribution in [3.05, 3.63) is 47.8 Å². The number of sulfonamides is 1. The summed E-state index contributed by atoms with van der Waals surface area (Å²) in [6.07, 6.45) is -13.6. The van der Waals surface area contributed by atoms with Crippen molar-refractivity contribution in [1.29, 1.82) is 0 Å². The van der Waals surface area contributed by atoms with Crippen molar-refractivity contribution in [3.63, 3.8) is 0 Å². The van der Waals surface area contributed by atoms with Crippen LogP contribution < -0.4 is 19.3 Å². The highest BCUT2D eigenvalue weighted by molar-refractivity contribution is 7.92. The summed E-state index contributed by atoms with van der Waals surface area (Å²) in [6.45, 7) is 4.55. The second-order valence-corrected chi connectivity index (χ2v) is 12.4. The van der Waals surface area contributed by atoms with Gasteiger partial charge in [0.05, 0.1) is 33.9 Å². The molecule has 0 radical (unpaired) electrons. The molecular weight excluding hydrogens is 603 g/mol. The summed E-state index contributed by atoms with van der Waals surface area (Å²) in [5, 5.41) is 12.2. The lowest BCUT2D eigenvalue weighted by molar-refractivity contribution is -0.175. The van der Waals surface area contributed by atoms with Gasteiger partial charge in [-0.1, -0.05) is 0 Å². The largest absolute Gasteiger partial charge is 0.484 e. The Bertz CT molecular complexity index is 1510. The molecule has 17 heteroatoms. The van der Waals surface area contributed by atoms with Gasteiger partial charge in [-0.05, 0) is 64.1 Å². The minimum atomic E-state index is -5.27.